The molecule has 102 valence electrons. The van der Waals surface area contributed by atoms with Crippen molar-refractivity contribution < 1.29 is 14.7 Å². The Morgan fingerprint density at radius 2 is 2.11 bits per heavy atom. The van der Waals surface area contributed by atoms with Gasteiger partial charge in [-0.15, -0.1) is 0 Å². The quantitative estimate of drug-likeness (QED) is 0.656. The van der Waals surface area contributed by atoms with E-state index in [2.05, 4.69) is 22.8 Å². The van der Waals surface area contributed by atoms with Gasteiger partial charge in [0, 0.05) is 12.1 Å². The maximum absolute atomic E-state index is 11.8. The standard InChI is InChI=1S/C13H22N2O3/c1-9(2)11(8-12(16)17)15-13(18)14-10-6-4-3-5-7-10/h3-4,9-11H,5-8H2,1-2H3,(H,16,17)(H2,14,15,18). The Hall–Kier alpha value is -1.52. The molecule has 2 unspecified atom stereocenters. The van der Waals surface area contributed by atoms with Gasteiger partial charge in [0.15, 0.2) is 0 Å². The summed E-state index contributed by atoms with van der Waals surface area (Å²) >= 11 is 0. The third-order valence-corrected chi connectivity index (χ3v) is 3.12. The van der Waals surface area contributed by atoms with E-state index in [9.17, 15) is 9.59 Å². The van der Waals surface area contributed by atoms with Crippen molar-refractivity contribution in [3.63, 3.8) is 0 Å². The van der Waals surface area contributed by atoms with Crippen LogP contribution in [0.15, 0.2) is 12.2 Å². The minimum Gasteiger partial charge on any atom is -0.481 e. The monoisotopic (exact) mass is 254 g/mol. The van der Waals surface area contributed by atoms with Gasteiger partial charge in [0.05, 0.1) is 6.42 Å². The summed E-state index contributed by atoms with van der Waals surface area (Å²) in [5.41, 5.74) is 0. The zero-order valence-corrected chi connectivity index (χ0v) is 11.0. The van der Waals surface area contributed by atoms with Crippen LogP contribution in [-0.4, -0.2) is 29.2 Å². The van der Waals surface area contributed by atoms with Crippen LogP contribution in [0.1, 0.15) is 39.5 Å². The van der Waals surface area contributed by atoms with E-state index in [1.54, 1.807) is 0 Å². The Morgan fingerprint density at radius 1 is 1.39 bits per heavy atom. The molecule has 0 spiro atoms. The Labute approximate surface area is 108 Å². The number of carbonyl (C=O) groups excluding carboxylic acids is 1. The Kier molecular flexibility index (Phi) is 5.68. The normalized spacial score (nSPS) is 20.5. The second kappa shape index (κ2) is 7.03. The van der Waals surface area contributed by atoms with E-state index in [0.717, 1.165) is 19.3 Å². The van der Waals surface area contributed by atoms with Gasteiger partial charge in [-0.25, -0.2) is 4.79 Å². The van der Waals surface area contributed by atoms with Gasteiger partial charge in [-0.1, -0.05) is 26.0 Å². The number of allylic oxidation sites excluding steroid dienone is 1. The number of urea groups is 1. The number of carbonyl (C=O) groups is 2. The molecule has 0 heterocycles. The van der Waals surface area contributed by atoms with Gasteiger partial charge in [0.25, 0.3) is 0 Å². The highest BCUT2D eigenvalue weighted by Crippen LogP contribution is 2.11. The highest BCUT2D eigenvalue weighted by Gasteiger charge is 2.20. The fourth-order valence-corrected chi connectivity index (χ4v) is 1.96. The number of aliphatic carboxylic acids is 1. The van der Waals surface area contributed by atoms with Crippen molar-refractivity contribution >= 4 is 12.0 Å². The Balaban J connectivity index is 2.40. The number of carboxylic acid groups (broad SMARTS) is 1. The molecule has 1 aliphatic carbocycles. The predicted octanol–water partition coefficient (Wildman–Crippen LogP) is 1.89. The fourth-order valence-electron chi connectivity index (χ4n) is 1.96. The first-order valence-corrected chi connectivity index (χ1v) is 6.43. The summed E-state index contributed by atoms with van der Waals surface area (Å²) in [5, 5.41) is 14.4. The van der Waals surface area contributed by atoms with Crippen LogP contribution in [0.25, 0.3) is 0 Å². The molecule has 0 aromatic rings. The molecular weight excluding hydrogens is 232 g/mol. The average Bonchev–Trinajstić information content (AvgIpc) is 2.28. The lowest BCUT2D eigenvalue weighted by Crippen LogP contribution is -2.48. The van der Waals surface area contributed by atoms with Crippen LogP contribution < -0.4 is 10.6 Å². The van der Waals surface area contributed by atoms with Crippen molar-refractivity contribution in [1.29, 1.82) is 0 Å². The molecule has 0 saturated heterocycles. The number of carboxylic acids is 1. The van der Waals surface area contributed by atoms with Crippen molar-refractivity contribution in [1.82, 2.24) is 10.6 Å². The zero-order chi connectivity index (χ0) is 13.5. The first-order chi connectivity index (χ1) is 8.49. The lowest BCUT2D eigenvalue weighted by atomic mass is 10.0. The third kappa shape index (κ3) is 5.21. The van der Waals surface area contributed by atoms with Crippen molar-refractivity contribution in [2.24, 2.45) is 5.92 Å². The van der Waals surface area contributed by atoms with Gasteiger partial charge in [0.2, 0.25) is 0 Å². The van der Waals surface area contributed by atoms with Crippen LogP contribution in [0.5, 0.6) is 0 Å². The first kappa shape index (κ1) is 14.5. The van der Waals surface area contributed by atoms with Crippen molar-refractivity contribution in [3.8, 4) is 0 Å². The SMILES string of the molecule is CC(C)C(CC(=O)O)NC(=O)NC1CC=CCC1. The number of amides is 2. The predicted molar refractivity (Wildman–Crippen MR) is 69.3 cm³/mol. The molecule has 5 nitrogen and oxygen atoms in total. The smallest absolute Gasteiger partial charge is 0.315 e. The largest absolute Gasteiger partial charge is 0.481 e. The summed E-state index contributed by atoms with van der Waals surface area (Å²) in [6.07, 6.45) is 6.89. The minimum absolute atomic E-state index is 0.0460. The zero-order valence-electron chi connectivity index (χ0n) is 11.0. The Morgan fingerprint density at radius 3 is 2.61 bits per heavy atom. The molecular formula is C13H22N2O3. The molecule has 0 saturated carbocycles. The topological polar surface area (TPSA) is 78.4 Å². The summed E-state index contributed by atoms with van der Waals surface area (Å²) in [4.78, 5) is 22.5. The molecule has 0 radical (unpaired) electrons. The molecule has 2 amide bonds. The van der Waals surface area contributed by atoms with E-state index in [4.69, 9.17) is 5.11 Å². The molecule has 2 atom stereocenters. The second-order valence-corrected chi connectivity index (χ2v) is 5.05. The van der Waals surface area contributed by atoms with E-state index in [1.165, 1.54) is 0 Å². The van der Waals surface area contributed by atoms with Gasteiger partial charge in [0.1, 0.15) is 0 Å². The van der Waals surface area contributed by atoms with Crippen LogP contribution >= 0.6 is 0 Å². The minimum atomic E-state index is -0.894. The molecule has 0 aliphatic heterocycles. The second-order valence-electron chi connectivity index (χ2n) is 5.05. The van der Waals surface area contributed by atoms with E-state index in [1.807, 2.05) is 13.8 Å². The number of hydrogen-bond acceptors (Lipinski definition) is 2. The molecule has 1 rings (SSSR count). The average molecular weight is 254 g/mol. The number of hydrogen-bond donors (Lipinski definition) is 3. The maximum Gasteiger partial charge on any atom is 0.315 e. The molecule has 5 heteroatoms. The van der Waals surface area contributed by atoms with Gasteiger partial charge >= 0.3 is 12.0 Å². The maximum atomic E-state index is 11.8. The lowest BCUT2D eigenvalue weighted by molar-refractivity contribution is -0.137. The van der Waals surface area contributed by atoms with Gasteiger partial charge in [-0.05, 0) is 25.2 Å². The third-order valence-electron chi connectivity index (χ3n) is 3.12. The van der Waals surface area contributed by atoms with Crippen molar-refractivity contribution in [2.45, 2.75) is 51.6 Å². The summed E-state index contributed by atoms with van der Waals surface area (Å²) in [7, 11) is 0. The molecule has 0 fully saturated rings. The van der Waals surface area contributed by atoms with E-state index in [0.29, 0.717) is 0 Å². The molecule has 1 aliphatic rings. The van der Waals surface area contributed by atoms with Gasteiger partial charge in [-0.2, -0.15) is 0 Å². The van der Waals surface area contributed by atoms with Crippen LogP contribution in [0, 0.1) is 5.92 Å². The fraction of sp³-hybridized carbons (Fsp3) is 0.692. The van der Waals surface area contributed by atoms with E-state index < -0.39 is 5.97 Å². The Bertz CT molecular complexity index is 326. The molecule has 0 aromatic heterocycles. The van der Waals surface area contributed by atoms with Crippen LogP contribution in [-0.2, 0) is 4.79 Å². The lowest BCUT2D eigenvalue weighted by Gasteiger charge is -2.24. The van der Waals surface area contributed by atoms with Crippen LogP contribution in [0.4, 0.5) is 4.79 Å². The van der Waals surface area contributed by atoms with Crippen LogP contribution in [0.3, 0.4) is 0 Å². The highest BCUT2D eigenvalue weighted by atomic mass is 16.4. The molecule has 0 aromatic carbocycles. The summed E-state index contributed by atoms with van der Waals surface area (Å²) in [6, 6.07) is -0.440. The van der Waals surface area contributed by atoms with Crippen molar-refractivity contribution in [3.05, 3.63) is 12.2 Å². The van der Waals surface area contributed by atoms with E-state index >= 15 is 0 Å². The molecule has 18 heavy (non-hydrogen) atoms. The summed E-state index contributed by atoms with van der Waals surface area (Å²) in [5.74, 6) is -0.798. The highest BCUT2D eigenvalue weighted by molar-refractivity contribution is 5.76. The summed E-state index contributed by atoms with van der Waals surface area (Å²) < 4.78 is 0. The molecule has 3 N–H and O–H groups in total. The van der Waals surface area contributed by atoms with E-state index in [-0.39, 0.29) is 30.5 Å². The van der Waals surface area contributed by atoms with Gasteiger partial charge < -0.3 is 15.7 Å². The number of nitrogens with one attached hydrogen (secondary N) is 2. The van der Waals surface area contributed by atoms with Crippen molar-refractivity contribution in [2.75, 3.05) is 0 Å². The first-order valence-electron chi connectivity index (χ1n) is 6.43. The number of rotatable bonds is 5. The molecule has 0 bridgehead atoms. The summed E-state index contributed by atoms with van der Waals surface area (Å²) in [6.45, 7) is 3.80. The van der Waals surface area contributed by atoms with Crippen LogP contribution in [0.2, 0.25) is 0 Å². The van der Waals surface area contributed by atoms with Gasteiger partial charge in [-0.3, -0.25) is 4.79 Å².